The fraction of sp³-hybridized carbons (Fsp3) is 0.500. The van der Waals surface area contributed by atoms with Crippen LogP contribution in [0.15, 0.2) is 18.2 Å². The number of rotatable bonds is 5. The van der Waals surface area contributed by atoms with Crippen molar-refractivity contribution < 1.29 is 9.50 Å². The first-order valence-electron chi connectivity index (χ1n) is 5.41. The Labute approximate surface area is 100 Å². The van der Waals surface area contributed by atoms with Crippen LogP contribution in [0, 0.1) is 5.82 Å². The molecule has 0 heterocycles. The van der Waals surface area contributed by atoms with Crippen LogP contribution in [0.25, 0.3) is 0 Å². The minimum absolute atomic E-state index is 0.0265. The predicted molar refractivity (Wildman–Crippen MR) is 64.1 cm³/mol. The molecule has 1 aromatic carbocycles. The average Bonchev–Trinajstić information content (AvgIpc) is 2.29. The molecule has 0 aromatic heterocycles. The molecule has 1 rings (SSSR count). The second-order valence-corrected chi connectivity index (χ2v) is 4.26. The quantitative estimate of drug-likeness (QED) is 0.836. The van der Waals surface area contributed by atoms with Crippen molar-refractivity contribution in [3.8, 4) is 0 Å². The molecule has 4 heteroatoms. The van der Waals surface area contributed by atoms with Crippen molar-refractivity contribution in [2.45, 2.75) is 32.4 Å². The van der Waals surface area contributed by atoms with Crippen molar-refractivity contribution in [3.05, 3.63) is 34.6 Å². The van der Waals surface area contributed by atoms with Crippen LogP contribution in [0.5, 0.6) is 0 Å². The molecule has 1 unspecified atom stereocenters. The van der Waals surface area contributed by atoms with Crippen LogP contribution in [-0.2, 0) is 0 Å². The standard InChI is InChI=1S/C12H17ClFNO/c1-3-11(15-8(2)7-16)9-5-4-6-10(13)12(9)14/h4-6,8,11,15-16H,3,7H2,1-2H3/t8-,11?/m1/s1. The fourth-order valence-electron chi connectivity index (χ4n) is 1.61. The summed E-state index contributed by atoms with van der Waals surface area (Å²) in [5, 5.41) is 12.3. The van der Waals surface area contributed by atoms with Crippen molar-refractivity contribution >= 4 is 11.6 Å². The van der Waals surface area contributed by atoms with Gasteiger partial charge in [0.1, 0.15) is 5.82 Å². The van der Waals surface area contributed by atoms with Crippen molar-refractivity contribution in [1.82, 2.24) is 5.32 Å². The topological polar surface area (TPSA) is 32.3 Å². The number of hydrogen-bond acceptors (Lipinski definition) is 2. The third-order valence-corrected chi connectivity index (χ3v) is 2.82. The molecule has 2 atom stereocenters. The van der Waals surface area contributed by atoms with Gasteiger partial charge in [-0.3, -0.25) is 0 Å². The highest BCUT2D eigenvalue weighted by atomic mass is 35.5. The van der Waals surface area contributed by atoms with Crippen LogP contribution < -0.4 is 5.32 Å². The van der Waals surface area contributed by atoms with E-state index in [9.17, 15) is 4.39 Å². The lowest BCUT2D eigenvalue weighted by Gasteiger charge is -2.22. The van der Waals surface area contributed by atoms with Gasteiger partial charge in [0, 0.05) is 17.6 Å². The first-order chi connectivity index (χ1) is 7.60. The van der Waals surface area contributed by atoms with Crippen LogP contribution in [0.1, 0.15) is 31.9 Å². The summed E-state index contributed by atoms with van der Waals surface area (Å²) >= 11 is 5.73. The Kier molecular flexibility index (Phi) is 5.19. The summed E-state index contributed by atoms with van der Waals surface area (Å²) in [5.74, 6) is -0.381. The largest absolute Gasteiger partial charge is 0.395 e. The fourth-order valence-corrected chi connectivity index (χ4v) is 1.80. The zero-order chi connectivity index (χ0) is 12.1. The molecule has 0 saturated carbocycles. The number of halogens is 2. The zero-order valence-electron chi connectivity index (χ0n) is 9.50. The highest BCUT2D eigenvalue weighted by Gasteiger charge is 2.17. The summed E-state index contributed by atoms with van der Waals surface area (Å²) in [7, 11) is 0. The Bertz CT molecular complexity index is 346. The Balaban J connectivity index is 2.90. The SMILES string of the molecule is CCC(N[C@H](C)CO)c1cccc(Cl)c1F. The molecule has 0 amide bonds. The smallest absolute Gasteiger partial charge is 0.146 e. The molecule has 0 aliphatic carbocycles. The lowest BCUT2D eigenvalue weighted by Crippen LogP contribution is -2.33. The predicted octanol–water partition coefficient (Wildman–Crippen LogP) is 2.90. The van der Waals surface area contributed by atoms with Crippen LogP contribution in [0.3, 0.4) is 0 Å². The molecule has 0 fully saturated rings. The van der Waals surface area contributed by atoms with E-state index in [1.54, 1.807) is 12.1 Å². The van der Waals surface area contributed by atoms with Gasteiger partial charge < -0.3 is 10.4 Å². The van der Waals surface area contributed by atoms with Gasteiger partial charge in [-0.2, -0.15) is 0 Å². The lowest BCUT2D eigenvalue weighted by molar-refractivity contribution is 0.238. The molecule has 1 aromatic rings. The molecule has 0 bridgehead atoms. The van der Waals surface area contributed by atoms with Crippen molar-refractivity contribution in [1.29, 1.82) is 0 Å². The van der Waals surface area contributed by atoms with E-state index in [1.807, 2.05) is 13.8 Å². The summed E-state index contributed by atoms with van der Waals surface area (Å²) in [6, 6.07) is 4.79. The average molecular weight is 246 g/mol. The third kappa shape index (κ3) is 3.17. The molecule has 0 aliphatic rings. The Hall–Kier alpha value is -0.640. The van der Waals surface area contributed by atoms with Gasteiger partial charge in [-0.25, -0.2) is 4.39 Å². The second kappa shape index (κ2) is 6.18. The van der Waals surface area contributed by atoms with Gasteiger partial charge in [-0.1, -0.05) is 30.7 Å². The number of benzene rings is 1. The first-order valence-corrected chi connectivity index (χ1v) is 5.78. The summed E-state index contributed by atoms with van der Waals surface area (Å²) in [5.41, 5.74) is 0.551. The van der Waals surface area contributed by atoms with Gasteiger partial charge in [0.15, 0.2) is 0 Å². The van der Waals surface area contributed by atoms with Crippen molar-refractivity contribution in [2.24, 2.45) is 0 Å². The lowest BCUT2D eigenvalue weighted by atomic mass is 10.0. The maximum absolute atomic E-state index is 13.8. The molecule has 90 valence electrons. The summed E-state index contributed by atoms with van der Waals surface area (Å²) < 4.78 is 13.8. The van der Waals surface area contributed by atoms with Crippen LogP contribution >= 0.6 is 11.6 Å². The normalized spacial score (nSPS) is 14.8. The number of aliphatic hydroxyl groups is 1. The Morgan fingerprint density at radius 3 is 2.75 bits per heavy atom. The zero-order valence-corrected chi connectivity index (χ0v) is 10.3. The van der Waals surface area contributed by atoms with E-state index in [0.29, 0.717) is 5.56 Å². The van der Waals surface area contributed by atoms with E-state index in [2.05, 4.69) is 5.32 Å². The minimum atomic E-state index is -0.381. The number of hydrogen-bond donors (Lipinski definition) is 2. The number of aliphatic hydroxyl groups excluding tert-OH is 1. The third-order valence-electron chi connectivity index (χ3n) is 2.52. The molecule has 0 radical (unpaired) electrons. The van der Waals surface area contributed by atoms with Gasteiger partial charge in [-0.05, 0) is 19.4 Å². The molecule has 16 heavy (non-hydrogen) atoms. The molecular weight excluding hydrogens is 229 g/mol. The highest BCUT2D eigenvalue weighted by molar-refractivity contribution is 6.30. The maximum atomic E-state index is 13.8. The van der Waals surface area contributed by atoms with Crippen LogP contribution in [0.2, 0.25) is 5.02 Å². The van der Waals surface area contributed by atoms with E-state index in [1.165, 1.54) is 6.07 Å². The molecule has 2 N–H and O–H groups in total. The van der Waals surface area contributed by atoms with E-state index >= 15 is 0 Å². The molecule has 0 saturated heterocycles. The summed E-state index contributed by atoms with van der Waals surface area (Å²) in [6.07, 6.45) is 0.738. The number of nitrogens with one attached hydrogen (secondary N) is 1. The van der Waals surface area contributed by atoms with Gasteiger partial charge in [0.05, 0.1) is 11.6 Å². The monoisotopic (exact) mass is 245 g/mol. The summed E-state index contributed by atoms with van der Waals surface area (Å²) in [6.45, 7) is 3.84. The van der Waals surface area contributed by atoms with E-state index in [0.717, 1.165) is 6.42 Å². The van der Waals surface area contributed by atoms with Gasteiger partial charge in [0.2, 0.25) is 0 Å². The second-order valence-electron chi connectivity index (χ2n) is 3.85. The Morgan fingerprint density at radius 1 is 1.50 bits per heavy atom. The molecule has 0 spiro atoms. The van der Waals surface area contributed by atoms with E-state index in [-0.39, 0.29) is 29.5 Å². The van der Waals surface area contributed by atoms with Crippen molar-refractivity contribution in [3.63, 3.8) is 0 Å². The molecule has 0 aliphatic heterocycles. The van der Waals surface area contributed by atoms with Gasteiger partial charge >= 0.3 is 0 Å². The maximum Gasteiger partial charge on any atom is 0.146 e. The molecular formula is C12H17ClFNO. The van der Waals surface area contributed by atoms with Gasteiger partial charge in [-0.15, -0.1) is 0 Å². The van der Waals surface area contributed by atoms with Crippen LogP contribution in [0.4, 0.5) is 4.39 Å². The van der Waals surface area contributed by atoms with E-state index in [4.69, 9.17) is 16.7 Å². The highest BCUT2D eigenvalue weighted by Crippen LogP contribution is 2.25. The molecule has 2 nitrogen and oxygen atoms in total. The summed E-state index contributed by atoms with van der Waals surface area (Å²) in [4.78, 5) is 0. The van der Waals surface area contributed by atoms with E-state index < -0.39 is 0 Å². The Morgan fingerprint density at radius 2 is 2.19 bits per heavy atom. The van der Waals surface area contributed by atoms with Crippen LogP contribution in [-0.4, -0.2) is 17.8 Å². The van der Waals surface area contributed by atoms with Crippen molar-refractivity contribution in [2.75, 3.05) is 6.61 Å². The minimum Gasteiger partial charge on any atom is -0.395 e. The van der Waals surface area contributed by atoms with Gasteiger partial charge in [0.25, 0.3) is 0 Å². The first kappa shape index (κ1) is 13.4.